The van der Waals surface area contributed by atoms with E-state index in [0.717, 1.165) is 109 Å². The summed E-state index contributed by atoms with van der Waals surface area (Å²) in [5, 5.41) is 9.83. The quantitative estimate of drug-likeness (QED) is 0.0197. The molecule has 0 saturated heterocycles. The van der Waals surface area contributed by atoms with E-state index in [-0.39, 0.29) is 25.9 Å². The van der Waals surface area contributed by atoms with Gasteiger partial charge in [-0.2, -0.15) is 0 Å². The van der Waals surface area contributed by atoms with Gasteiger partial charge in [-0.15, -0.1) is 0 Å². The fourth-order valence-corrected chi connectivity index (χ4v) is 9.73. The Morgan fingerprint density at radius 3 is 1.01 bits per heavy atom. The van der Waals surface area contributed by atoms with Crippen molar-refractivity contribution in [2.75, 3.05) is 26.4 Å². The lowest BCUT2D eigenvalue weighted by Gasteiger charge is -2.21. The zero-order valence-electron chi connectivity index (χ0n) is 50.4. The lowest BCUT2D eigenvalue weighted by molar-refractivity contribution is -0.161. The smallest absolute Gasteiger partial charge is 0.462 e. The molecule has 0 rings (SSSR count). The number of hydrogen-bond donors (Lipinski definition) is 2. The maximum Gasteiger partial charge on any atom is 0.472 e. The van der Waals surface area contributed by atoms with E-state index >= 15 is 0 Å². The summed E-state index contributed by atoms with van der Waals surface area (Å²) >= 11 is 0. The number of allylic oxidation sites excluding steroid dienone is 10. The summed E-state index contributed by atoms with van der Waals surface area (Å²) in [5.41, 5.74) is 0. The first kappa shape index (κ1) is 75.2. The number of phosphoric ester groups is 1. The Kier molecular flexibility index (Phi) is 58.1. The first-order valence-corrected chi connectivity index (χ1v) is 33.7. The third-order valence-corrected chi connectivity index (χ3v) is 14.8. The molecule has 0 spiro atoms. The van der Waals surface area contributed by atoms with Crippen molar-refractivity contribution in [1.29, 1.82) is 0 Å². The first-order chi connectivity index (χ1) is 38.2. The van der Waals surface area contributed by atoms with Gasteiger partial charge in [0, 0.05) is 19.3 Å². The van der Waals surface area contributed by atoms with Gasteiger partial charge in [-0.25, -0.2) is 4.57 Å². The summed E-state index contributed by atoms with van der Waals surface area (Å²) in [6.45, 7) is 4.62. The van der Waals surface area contributed by atoms with Crippen molar-refractivity contribution in [3.05, 3.63) is 60.8 Å². The molecule has 0 aliphatic rings. The minimum Gasteiger partial charge on any atom is -0.462 e. The molecule has 0 saturated carbocycles. The number of rotatable bonds is 60. The molecule has 0 aliphatic heterocycles. The van der Waals surface area contributed by atoms with Crippen LogP contribution in [0.2, 0.25) is 0 Å². The highest BCUT2D eigenvalue weighted by Gasteiger charge is 2.28. The van der Waals surface area contributed by atoms with Crippen LogP contribution >= 0.6 is 7.82 Å². The van der Waals surface area contributed by atoms with Gasteiger partial charge in [0.15, 0.2) is 6.10 Å². The Balaban J connectivity index is 4.72. The summed E-state index contributed by atoms with van der Waals surface area (Å²) in [5.74, 6) is -1.48. The number of phosphoric acid groups is 1. The van der Waals surface area contributed by atoms with Crippen LogP contribution in [-0.4, -0.2) is 66.5 Å². The van der Waals surface area contributed by atoms with Crippen molar-refractivity contribution in [1.82, 2.24) is 0 Å². The van der Waals surface area contributed by atoms with Crippen molar-refractivity contribution in [3.63, 3.8) is 0 Å². The average Bonchev–Trinajstić information content (AvgIpc) is 3.43. The minimum absolute atomic E-state index is 0.153. The number of hydrogen-bond acceptors (Lipinski definition) is 10. The van der Waals surface area contributed by atoms with Gasteiger partial charge in [0.2, 0.25) is 0 Å². The molecule has 0 aliphatic carbocycles. The van der Waals surface area contributed by atoms with E-state index in [9.17, 15) is 28.9 Å². The second kappa shape index (κ2) is 60.3. The Hall–Kier alpha value is -2.82. The minimum atomic E-state index is -4.76. The van der Waals surface area contributed by atoms with Crippen molar-refractivity contribution in [2.45, 2.75) is 315 Å². The molecule has 12 heteroatoms. The van der Waals surface area contributed by atoms with Gasteiger partial charge in [0.1, 0.15) is 12.7 Å². The summed E-state index contributed by atoms with van der Waals surface area (Å²) in [6, 6.07) is 0. The van der Waals surface area contributed by atoms with E-state index in [4.69, 9.17) is 23.3 Å². The first-order valence-electron chi connectivity index (χ1n) is 32.2. The molecule has 0 heterocycles. The number of carbonyl (C=O) groups excluding carboxylic acids is 3. The average molecular weight is 1120 g/mol. The molecule has 0 aromatic carbocycles. The van der Waals surface area contributed by atoms with E-state index < -0.39 is 57.8 Å². The Morgan fingerprint density at radius 2 is 0.628 bits per heavy atom. The predicted octanol–water partition coefficient (Wildman–Crippen LogP) is 19.5. The fourth-order valence-electron chi connectivity index (χ4n) is 8.94. The predicted molar refractivity (Wildman–Crippen MR) is 325 cm³/mol. The lowest BCUT2D eigenvalue weighted by atomic mass is 10.1. The summed E-state index contributed by atoms with van der Waals surface area (Å²) in [4.78, 5) is 48.7. The summed E-state index contributed by atoms with van der Waals surface area (Å²) < 4.78 is 39.7. The number of aliphatic hydroxyl groups excluding tert-OH is 1. The highest BCUT2D eigenvalue weighted by atomic mass is 31.2. The third kappa shape index (κ3) is 57.9. The van der Waals surface area contributed by atoms with E-state index in [1.165, 1.54) is 135 Å². The molecule has 0 bridgehead atoms. The van der Waals surface area contributed by atoms with E-state index in [0.29, 0.717) is 19.3 Å². The van der Waals surface area contributed by atoms with Gasteiger partial charge in [-0.3, -0.25) is 23.4 Å². The van der Waals surface area contributed by atoms with E-state index in [1.54, 1.807) is 0 Å². The van der Waals surface area contributed by atoms with Crippen LogP contribution in [0.3, 0.4) is 0 Å². The number of ether oxygens (including phenoxy) is 3. The monoisotopic (exact) mass is 1120 g/mol. The number of aliphatic hydroxyl groups is 1. The molecule has 3 atom stereocenters. The number of unbranched alkanes of at least 4 members (excludes halogenated alkanes) is 33. The standard InChI is InChI=1S/C66H119O11P/c1-4-7-10-13-16-19-22-25-27-29-31-33-35-38-40-43-46-49-52-55-64(68)73-59-63(77-66(70)57-54-51-48-45-42-39-36-34-32-30-28-26-23-20-17-14-11-8-5-2)61-75-78(71,72)74-60-62(58-67)76-65(69)56-53-50-47-44-41-37-24-21-18-15-12-9-6-3/h17,20-21,24-28,32,34,62-63,67H,4-16,18-19,22-23,29-31,33,35-61H2,1-3H3,(H,71,72)/b20-17-,24-21-,27-25-,28-26-,34-32-. The maximum atomic E-state index is 13.0. The molecule has 0 amide bonds. The van der Waals surface area contributed by atoms with Crippen LogP contribution < -0.4 is 0 Å². The fraction of sp³-hybridized carbons (Fsp3) is 0.803. The number of esters is 3. The molecule has 11 nitrogen and oxygen atoms in total. The van der Waals surface area contributed by atoms with Crippen LogP contribution in [0.4, 0.5) is 0 Å². The second-order valence-corrected chi connectivity index (χ2v) is 23.0. The van der Waals surface area contributed by atoms with Crippen LogP contribution in [0, 0.1) is 0 Å². The molecule has 0 radical (unpaired) electrons. The van der Waals surface area contributed by atoms with Crippen LogP contribution in [0.15, 0.2) is 60.8 Å². The highest BCUT2D eigenvalue weighted by Crippen LogP contribution is 2.43. The molecular weight excluding hydrogens is 1000 g/mol. The second-order valence-electron chi connectivity index (χ2n) is 21.6. The van der Waals surface area contributed by atoms with E-state index in [1.807, 2.05) is 0 Å². The van der Waals surface area contributed by atoms with Crippen LogP contribution in [0.1, 0.15) is 303 Å². The SMILES string of the molecule is CCCCC/C=C\C/C=C\C/C=C\CCCCCCCCC(=O)OC(COC(=O)CCCCCCCCCCC/C=C\CCCCCCCC)COP(=O)(O)OCC(CO)OC(=O)CCCCCCC/C=C\CCCCCC. The third-order valence-electron chi connectivity index (χ3n) is 13.9. The molecule has 454 valence electrons. The zero-order valence-corrected chi connectivity index (χ0v) is 51.3. The maximum absolute atomic E-state index is 13.0. The van der Waals surface area contributed by atoms with Crippen LogP contribution in [0.25, 0.3) is 0 Å². The molecule has 3 unspecified atom stereocenters. The lowest BCUT2D eigenvalue weighted by Crippen LogP contribution is -2.30. The molecule has 0 aromatic heterocycles. The van der Waals surface area contributed by atoms with Gasteiger partial charge in [0.25, 0.3) is 0 Å². The van der Waals surface area contributed by atoms with Gasteiger partial charge < -0.3 is 24.2 Å². The van der Waals surface area contributed by atoms with Crippen molar-refractivity contribution < 1.29 is 52.2 Å². The largest absolute Gasteiger partial charge is 0.472 e. The summed E-state index contributed by atoms with van der Waals surface area (Å²) in [6.07, 6.45) is 67.4. The molecule has 0 fully saturated rings. The van der Waals surface area contributed by atoms with Crippen LogP contribution in [0.5, 0.6) is 0 Å². The normalized spacial score (nSPS) is 13.7. The highest BCUT2D eigenvalue weighted by molar-refractivity contribution is 7.47. The van der Waals surface area contributed by atoms with Crippen LogP contribution in [-0.2, 0) is 42.2 Å². The van der Waals surface area contributed by atoms with Gasteiger partial charge in [0.05, 0.1) is 19.8 Å². The molecular formula is C66H119O11P. The Labute approximate surface area is 478 Å². The van der Waals surface area contributed by atoms with Gasteiger partial charge in [-0.1, -0.05) is 236 Å². The molecule has 78 heavy (non-hydrogen) atoms. The summed E-state index contributed by atoms with van der Waals surface area (Å²) in [7, 11) is -4.76. The van der Waals surface area contributed by atoms with Gasteiger partial charge in [-0.05, 0) is 109 Å². The topological polar surface area (TPSA) is 155 Å². The van der Waals surface area contributed by atoms with Crippen molar-refractivity contribution in [2.24, 2.45) is 0 Å². The van der Waals surface area contributed by atoms with Crippen molar-refractivity contribution in [3.8, 4) is 0 Å². The van der Waals surface area contributed by atoms with Crippen molar-refractivity contribution >= 4 is 25.7 Å². The van der Waals surface area contributed by atoms with Gasteiger partial charge >= 0.3 is 25.7 Å². The molecule has 2 N–H and O–H groups in total. The number of carbonyl (C=O) groups is 3. The molecule has 0 aromatic rings. The zero-order chi connectivity index (χ0) is 56.9. The Bertz CT molecular complexity index is 1540. The Morgan fingerprint density at radius 1 is 0.359 bits per heavy atom. The van der Waals surface area contributed by atoms with E-state index in [2.05, 4.69) is 81.5 Å².